The van der Waals surface area contributed by atoms with Crippen LogP contribution in [0.15, 0.2) is 36.5 Å². The summed E-state index contributed by atoms with van der Waals surface area (Å²) in [5, 5.41) is 0.688. The van der Waals surface area contributed by atoms with Crippen LogP contribution in [0.2, 0.25) is 5.02 Å². The molecule has 2 atom stereocenters. The van der Waals surface area contributed by atoms with Gasteiger partial charge in [-0.1, -0.05) is 35.9 Å². The second-order valence-corrected chi connectivity index (χ2v) is 7.84. The van der Waals surface area contributed by atoms with Crippen molar-refractivity contribution in [2.75, 3.05) is 26.7 Å². The highest BCUT2D eigenvalue weighted by Crippen LogP contribution is 2.37. The average molecular weight is 370 g/mol. The molecule has 0 bridgehead atoms. The van der Waals surface area contributed by atoms with Gasteiger partial charge in [0.05, 0.1) is 22.8 Å². The molecule has 4 rings (SSSR count). The summed E-state index contributed by atoms with van der Waals surface area (Å²) >= 11 is 6.23. The SMILES string of the molecule is CC(=O)[C@H]1CN(C2c3ccccc3CCc3cc(Cl)cnc32)CCN1C. The fraction of sp³-hybridized carbons (Fsp3) is 0.429. The number of Topliss-reactive ketones (excluding diaryl/α,β-unsaturated/α-hetero) is 1. The van der Waals surface area contributed by atoms with Gasteiger partial charge >= 0.3 is 0 Å². The molecular formula is C21H24ClN3O. The highest BCUT2D eigenvalue weighted by Gasteiger charge is 2.36. The molecule has 1 saturated heterocycles. The first-order chi connectivity index (χ1) is 12.5. The van der Waals surface area contributed by atoms with Crippen LogP contribution >= 0.6 is 11.6 Å². The van der Waals surface area contributed by atoms with Gasteiger partial charge in [-0.2, -0.15) is 0 Å². The van der Waals surface area contributed by atoms with Crippen molar-refractivity contribution in [1.82, 2.24) is 14.8 Å². The van der Waals surface area contributed by atoms with E-state index < -0.39 is 0 Å². The Bertz CT molecular complexity index is 838. The zero-order chi connectivity index (χ0) is 18.3. The van der Waals surface area contributed by atoms with Crippen molar-refractivity contribution in [3.8, 4) is 0 Å². The van der Waals surface area contributed by atoms with Crippen molar-refractivity contribution >= 4 is 17.4 Å². The van der Waals surface area contributed by atoms with Crippen molar-refractivity contribution < 1.29 is 4.79 Å². The number of carbonyl (C=O) groups excluding carboxylic acids is 1. The molecule has 1 fully saturated rings. The van der Waals surface area contributed by atoms with E-state index in [0.717, 1.165) is 38.2 Å². The third-order valence-electron chi connectivity index (χ3n) is 5.75. The Balaban J connectivity index is 1.80. The quantitative estimate of drug-likeness (QED) is 0.815. The molecule has 2 aliphatic rings. The van der Waals surface area contributed by atoms with E-state index in [0.29, 0.717) is 5.02 Å². The fourth-order valence-electron chi connectivity index (χ4n) is 4.32. The monoisotopic (exact) mass is 369 g/mol. The molecule has 1 aromatic heterocycles. The van der Waals surface area contributed by atoms with Gasteiger partial charge in [0.25, 0.3) is 0 Å². The van der Waals surface area contributed by atoms with Crippen LogP contribution in [-0.2, 0) is 17.6 Å². The number of aromatic nitrogens is 1. The van der Waals surface area contributed by atoms with E-state index in [1.54, 1.807) is 13.1 Å². The van der Waals surface area contributed by atoms with Crippen LogP contribution in [0.25, 0.3) is 0 Å². The molecule has 0 radical (unpaired) electrons. The van der Waals surface area contributed by atoms with E-state index in [2.05, 4.69) is 40.1 Å². The molecule has 1 aromatic carbocycles. The molecular weight excluding hydrogens is 346 g/mol. The summed E-state index contributed by atoms with van der Waals surface area (Å²) in [5.74, 6) is 0.225. The second kappa shape index (κ2) is 7.10. The zero-order valence-corrected chi connectivity index (χ0v) is 16.0. The Morgan fingerprint density at radius 2 is 1.96 bits per heavy atom. The van der Waals surface area contributed by atoms with E-state index in [4.69, 9.17) is 16.6 Å². The van der Waals surface area contributed by atoms with Gasteiger partial charge in [0.1, 0.15) is 5.78 Å². The molecule has 1 aliphatic carbocycles. The number of hydrogen-bond acceptors (Lipinski definition) is 4. The molecule has 1 unspecified atom stereocenters. The lowest BCUT2D eigenvalue weighted by atomic mass is 9.95. The Hall–Kier alpha value is -1.75. The Morgan fingerprint density at radius 3 is 2.77 bits per heavy atom. The molecule has 136 valence electrons. The molecule has 0 amide bonds. The van der Waals surface area contributed by atoms with Gasteiger partial charge in [-0.05, 0) is 49.6 Å². The summed E-state index contributed by atoms with van der Waals surface area (Å²) in [6.45, 7) is 4.22. The number of piperazine rings is 1. The van der Waals surface area contributed by atoms with Crippen LogP contribution in [0.3, 0.4) is 0 Å². The fourth-order valence-corrected chi connectivity index (χ4v) is 4.50. The minimum Gasteiger partial charge on any atom is -0.298 e. The summed E-state index contributed by atoms with van der Waals surface area (Å²) in [7, 11) is 2.04. The summed E-state index contributed by atoms with van der Waals surface area (Å²) in [6.07, 6.45) is 3.69. The molecule has 4 nitrogen and oxygen atoms in total. The standard InChI is InChI=1S/C21H24ClN3O/c1-14(26)19-13-25(10-9-24(19)2)21-18-6-4-3-5-15(18)7-8-16-11-17(22)12-23-20(16)21/h3-6,11-12,19,21H,7-10,13H2,1-2H3/t19-,21?/m1/s1. The lowest BCUT2D eigenvalue weighted by molar-refractivity contribution is -0.124. The first kappa shape index (κ1) is 17.7. The third-order valence-corrected chi connectivity index (χ3v) is 5.96. The molecule has 0 spiro atoms. The molecule has 26 heavy (non-hydrogen) atoms. The maximum absolute atomic E-state index is 12.1. The number of ketones is 1. The molecule has 0 saturated carbocycles. The van der Waals surface area contributed by atoms with Crippen molar-refractivity contribution in [2.45, 2.75) is 31.8 Å². The lowest BCUT2D eigenvalue weighted by Crippen LogP contribution is -2.55. The average Bonchev–Trinajstić information content (AvgIpc) is 2.79. The summed E-state index contributed by atoms with van der Waals surface area (Å²) in [5.41, 5.74) is 4.99. The van der Waals surface area contributed by atoms with Crippen LogP contribution < -0.4 is 0 Å². The smallest absolute Gasteiger partial charge is 0.148 e. The number of aryl methyl sites for hydroxylation is 2. The summed E-state index contributed by atoms with van der Waals surface area (Å²) < 4.78 is 0. The van der Waals surface area contributed by atoms with Crippen LogP contribution in [0.5, 0.6) is 0 Å². The molecule has 2 aromatic rings. The Kier molecular flexibility index (Phi) is 4.82. The van der Waals surface area contributed by atoms with E-state index in [1.165, 1.54) is 16.7 Å². The van der Waals surface area contributed by atoms with Crippen LogP contribution in [0, 0.1) is 0 Å². The number of benzene rings is 1. The topological polar surface area (TPSA) is 36.4 Å². The van der Waals surface area contributed by atoms with E-state index in [9.17, 15) is 4.79 Å². The Labute approximate surface area is 159 Å². The van der Waals surface area contributed by atoms with Gasteiger partial charge in [0.15, 0.2) is 0 Å². The predicted molar refractivity (Wildman–Crippen MR) is 104 cm³/mol. The highest BCUT2D eigenvalue weighted by molar-refractivity contribution is 6.30. The number of halogens is 1. The van der Waals surface area contributed by atoms with Gasteiger partial charge < -0.3 is 0 Å². The van der Waals surface area contributed by atoms with Crippen LogP contribution in [-0.4, -0.2) is 53.3 Å². The molecule has 5 heteroatoms. The second-order valence-electron chi connectivity index (χ2n) is 7.40. The Morgan fingerprint density at radius 1 is 1.19 bits per heavy atom. The van der Waals surface area contributed by atoms with E-state index in [1.807, 2.05) is 7.05 Å². The van der Waals surface area contributed by atoms with Crippen molar-refractivity contribution in [2.24, 2.45) is 0 Å². The van der Waals surface area contributed by atoms with Gasteiger partial charge in [-0.25, -0.2) is 0 Å². The number of pyridine rings is 1. The molecule has 0 N–H and O–H groups in total. The first-order valence-corrected chi connectivity index (χ1v) is 9.59. The maximum Gasteiger partial charge on any atom is 0.148 e. The van der Waals surface area contributed by atoms with Crippen LogP contribution in [0.1, 0.15) is 35.3 Å². The normalized spacial score (nSPS) is 23.8. The number of fused-ring (bicyclic) bond motifs is 2. The van der Waals surface area contributed by atoms with Gasteiger partial charge in [-0.3, -0.25) is 19.6 Å². The summed E-state index contributed by atoms with van der Waals surface area (Å²) in [6, 6.07) is 10.7. The first-order valence-electron chi connectivity index (χ1n) is 9.21. The molecule has 1 aliphatic heterocycles. The van der Waals surface area contributed by atoms with E-state index in [-0.39, 0.29) is 17.9 Å². The van der Waals surface area contributed by atoms with Crippen LogP contribution in [0.4, 0.5) is 0 Å². The summed E-state index contributed by atoms with van der Waals surface area (Å²) in [4.78, 5) is 21.5. The minimum absolute atomic E-state index is 0.0603. The van der Waals surface area contributed by atoms with Crippen molar-refractivity contribution in [3.05, 3.63) is 63.9 Å². The van der Waals surface area contributed by atoms with Crippen molar-refractivity contribution in [3.63, 3.8) is 0 Å². The van der Waals surface area contributed by atoms with Crippen molar-refractivity contribution in [1.29, 1.82) is 0 Å². The van der Waals surface area contributed by atoms with Gasteiger partial charge in [0, 0.05) is 25.8 Å². The number of rotatable bonds is 2. The maximum atomic E-state index is 12.1. The lowest BCUT2D eigenvalue weighted by Gasteiger charge is -2.42. The number of nitrogens with zero attached hydrogens (tertiary/aromatic N) is 3. The predicted octanol–water partition coefficient (Wildman–Crippen LogP) is 3.13. The van der Waals surface area contributed by atoms with Gasteiger partial charge in [0.2, 0.25) is 0 Å². The third kappa shape index (κ3) is 3.18. The van der Waals surface area contributed by atoms with E-state index >= 15 is 0 Å². The highest BCUT2D eigenvalue weighted by atomic mass is 35.5. The zero-order valence-electron chi connectivity index (χ0n) is 15.3. The molecule has 2 heterocycles. The number of hydrogen-bond donors (Lipinski definition) is 0. The number of carbonyl (C=O) groups is 1. The largest absolute Gasteiger partial charge is 0.298 e. The number of likely N-dealkylation sites (N-methyl/N-ethyl adjacent to an activating group) is 1. The minimum atomic E-state index is -0.0603. The van der Waals surface area contributed by atoms with Gasteiger partial charge in [-0.15, -0.1) is 0 Å².